The Morgan fingerprint density at radius 3 is 2.31 bits per heavy atom. The minimum Gasteiger partial charge on any atom is -0.289 e. The lowest BCUT2D eigenvalue weighted by molar-refractivity contribution is -0.384. The third kappa shape index (κ3) is 4.65. The fraction of sp³-hybridized carbons (Fsp3) is 0.192. The summed E-state index contributed by atoms with van der Waals surface area (Å²) in [4.78, 5) is 24.6. The number of aryl methyl sites for hydroxylation is 1. The standard InChI is InChI=1S/C26H23ClN2O5S/c1-3-20-16-22(26(30)18-7-5-4-6-8-18)25(19-11-14-23(27)24(15-19)29(31)32)28(20)35(33,34)21-12-9-17(2)10-13-21/h4-16,20,25H,3H2,1-2H3/t20-,25+/m1/s1. The van der Waals surface area contributed by atoms with Crippen molar-refractivity contribution < 1.29 is 18.1 Å². The van der Waals surface area contributed by atoms with Crippen LogP contribution in [0.5, 0.6) is 0 Å². The van der Waals surface area contributed by atoms with E-state index in [0.29, 0.717) is 17.5 Å². The summed E-state index contributed by atoms with van der Waals surface area (Å²) in [6.07, 6.45) is 2.06. The fourth-order valence-electron chi connectivity index (χ4n) is 4.27. The Morgan fingerprint density at radius 1 is 1.06 bits per heavy atom. The van der Waals surface area contributed by atoms with Crippen molar-refractivity contribution in [1.29, 1.82) is 0 Å². The number of Topliss-reactive ketones (excluding diaryl/α,β-unsaturated/α-hetero) is 1. The molecule has 0 saturated carbocycles. The first-order valence-corrected chi connectivity index (χ1v) is 12.8. The number of nitro benzene ring substituents is 1. The molecule has 4 rings (SSSR count). The van der Waals surface area contributed by atoms with Crippen LogP contribution in [0.4, 0.5) is 5.69 Å². The predicted octanol–water partition coefficient (Wildman–Crippen LogP) is 5.89. The summed E-state index contributed by atoms with van der Waals surface area (Å²) in [5, 5.41) is 11.5. The maximum Gasteiger partial charge on any atom is 0.288 e. The Kier molecular flexibility index (Phi) is 6.89. The molecule has 0 aromatic heterocycles. The lowest BCUT2D eigenvalue weighted by Gasteiger charge is -2.31. The highest BCUT2D eigenvalue weighted by atomic mass is 35.5. The van der Waals surface area contributed by atoms with E-state index >= 15 is 0 Å². The van der Waals surface area contributed by atoms with Crippen LogP contribution in [-0.4, -0.2) is 29.5 Å². The van der Waals surface area contributed by atoms with Crippen molar-refractivity contribution in [3.8, 4) is 0 Å². The van der Waals surface area contributed by atoms with Crippen LogP contribution >= 0.6 is 11.6 Å². The number of hydrogen-bond acceptors (Lipinski definition) is 5. The molecule has 180 valence electrons. The summed E-state index contributed by atoms with van der Waals surface area (Å²) < 4.78 is 29.1. The van der Waals surface area contributed by atoms with Gasteiger partial charge in [-0.15, -0.1) is 0 Å². The molecule has 0 radical (unpaired) electrons. The molecule has 0 aliphatic carbocycles. The number of benzene rings is 3. The SMILES string of the molecule is CC[C@@H]1C=C(C(=O)c2ccccc2)[C@H](c2ccc(Cl)c([N+](=O)[O-])c2)N1S(=O)(=O)c1ccc(C)cc1. The van der Waals surface area contributed by atoms with E-state index in [1.54, 1.807) is 48.5 Å². The average molecular weight is 511 g/mol. The first-order valence-electron chi connectivity index (χ1n) is 11.0. The molecule has 0 bridgehead atoms. The van der Waals surface area contributed by atoms with E-state index in [1.807, 2.05) is 13.8 Å². The minimum atomic E-state index is -4.08. The number of sulfonamides is 1. The van der Waals surface area contributed by atoms with Crippen LogP contribution in [0.25, 0.3) is 0 Å². The second-order valence-electron chi connectivity index (χ2n) is 8.31. The predicted molar refractivity (Wildman–Crippen MR) is 134 cm³/mol. The van der Waals surface area contributed by atoms with E-state index in [1.165, 1.54) is 34.6 Å². The Labute approximate surface area is 208 Å². The van der Waals surface area contributed by atoms with Gasteiger partial charge in [0.2, 0.25) is 10.0 Å². The van der Waals surface area contributed by atoms with Crippen molar-refractivity contribution in [3.05, 3.63) is 116 Å². The molecule has 0 N–H and O–H groups in total. The van der Waals surface area contributed by atoms with Crippen molar-refractivity contribution >= 4 is 33.1 Å². The number of nitrogens with zero attached hydrogens (tertiary/aromatic N) is 2. The molecule has 35 heavy (non-hydrogen) atoms. The van der Waals surface area contributed by atoms with Gasteiger partial charge in [0.05, 0.1) is 15.9 Å². The van der Waals surface area contributed by atoms with Gasteiger partial charge in [0, 0.05) is 23.2 Å². The van der Waals surface area contributed by atoms with Gasteiger partial charge in [0.15, 0.2) is 5.78 Å². The lowest BCUT2D eigenvalue weighted by Crippen LogP contribution is -2.38. The highest BCUT2D eigenvalue weighted by Crippen LogP contribution is 2.44. The number of hydrogen-bond donors (Lipinski definition) is 0. The Hall–Kier alpha value is -3.33. The molecule has 9 heteroatoms. The van der Waals surface area contributed by atoms with Gasteiger partial charge in [-0.3, -0.25) is 14.9 Å². The maximum atomic E-state index is 13.9. The molecular formula is C26H23ClN2O5S. The largest absolute Gasteiger partial charge is 0.289 e. The zero-order valence-corrected chi connectivity index (χ0v) is 20.7. The summed E-state index contributed by atoms with van der Waals surface area (Å²) in [5.41, 5.74) is 1.49. The molecule has 1 heterocycles. The minimum absolute atomic E-state index is 0.0726. The molecule has 3 aromatic carbocycles. The van der Waals surface area contributed by atoms with E-state index in [4.69, 9.17) is 11.6 Å². The second kappa shape index (κ2) is 9.73. The molecule has 1 aliphatic heterocycles. The van der Waals surface area contributed by atoms with E-state index < -0.39 is 27.0 Å². The third-order valence-electron chi connectivity index (χ3n) is 6.04. The highest BCUT2D eigenvalue weighted by molar-refractivity contribution is 7.89. The molecule has 1 aliphatic rings. The van der Waals surface area contributed by atoms with Gasteiger partial charge in [0.25, 0.3) is 5.69 Å². The molecule has 0 amide bonds. The van der Waals surface area contributed by atoms with Crippen molar-refractivity contribution in [3.63, 3.8) is 0 Å². The van der Waals surface area contributed by atoms with Crippen LogP contribution in [0.2, 0.25) is 5.02 Å². The van der Waals surface area contributed by atoms with Crippen LogP contribution in [0.15, 0.2) is 89.3 Å². The normalized spacial score (nSPS) is 18.3. The molecule has 3 aromatic rings. The fourth-order valence-corrected chi connectivity index (χ4v) is 6.26. The van der Waals surface area contributed by atoms with Crippen LogP contribution in [0.3, 0.4) is 0 Å². The smallest absolute Gasteiger partial charge is 0.288 e. The number of ketones is 1. The first-order chi connectivity index (χ1) is 16.6. The molecule has 0 fully saturated rings. The third-order valence-corrected chi connectivity index (χ3v) is 8.27. The number of carbonyl (C=O) groups excluding carboxylic acids is 1. The summed E-state index contributed by atoms with van der Waals surface area (Å²) in [6, 6.07) is 17.4. The topological polar surface area (TPSA) is 97.6 Å². The molecule has 0 spiro atoms. The van der Waals surface area contributed by atoms with Crippen molar-refractivity contribution in [1.82, 2.24) is 4.31 Å². The maximum absolute atomic E-state index is 13.9. The van der Waals surface area contributed by atoms with Crippen molar-refractivity contribution in [2.45, 2.75) is 37.2 Å². The Balaban J connectivity index is 1.92. The number of carbonyl (C=O) groups is 1. The van der Waals surface area contributed by atoms with Gasteiger partial charge in [0.1, 0.15) is 5.02 Å². The summed E-state index contributed by atoms with van der Waals surface area (Å²) in [7, 11) is -4.08. The first kappa shape index (κ1) is 24.8. The molecular weight excluding hydrogens is 488 g/mol. The number of halogens is 1. The monoisotopic (exact) mass is 510 g/mol. The van der Waals surface area contributed by atoms with Crippen molar-refractivity contribution in [2.75, 3.05) is 0 Å². The van der Waals surface area contributed by atoms with Gasteiger partial charge < -0.3 is 0 Å². The zero-order chi connectivity index (χ0) is 25.3. The zero-order valence-electron chi connectivity index (χ0n) is 19.1. The highest BCUT2D eigenvalue weighted by Gasteiger charge is 2.45. The van der Waals surface area contributed by atoms with Gasteiger partial charge >= 0.3 is 0 Å². The number of rotatable bonds is 7. The summed E-state index contributed by atoms with van der Waals surface area (Å²) in [5.74, 6) is -0.340. The summed E-state index contributed by atoms with van der Waals surface area (Å²) in [6.45, 7) is 3.69. The summed E-state index contributed by atoms with van der Waals surface area (Å²) >= 11 is 6.03. The number of nitro groups is 1. The lowest BCUT2D eigenvalue weighted by atomic mass is 9.93. The van der Waals surface area contributed by atoms with Gasteiger partial charge in [-0.1, -0.05) is 78.7 Å². The van der Waals surface area contributed by atoms with Crippen LogP contribution in [0.1, 0.15) is 40.9 Å². The molecule has 0 saturated heterocycles. The Morgan fingerprint density at radius 2 is 1.71 bits per heavy atom. The van der Waals surface area contributed by atoms with Crippen LogP contribution in [-0.2, 0) is 10.0 Å². The van der Waals surface area contributed by atoms with Gasteiger partial charge in [-0.05, 0) is 37.1 Å². The van der Waals surface area contributed by atoms with E-state index in [-0.39, 0.29) is 27.0 Å². The molecule has 7 nitrogen and oxygen atoms in total. The van der Waals surface area contributed by atoms with Gasteiger partial charge in [-0.25, -0.2) is 8.42 Å². The quantitative estimate of drug-likeness (QED) is 0.224. The molecule has 2 atom stereocenters. The van der Waals surface area contributed by atoms with Crippen molar-refractivity contribution in [2.24, 2.45) is 0 Å². The Bertz CT molecular complexity index is 1420. The second-order valence-corrected chi connectivity index (χ2v) is 10.6. The van der Waals surface area contributed by atoms with E-state index in [2.05, 4.69) is 0 Å². The van der Waals surface area contributed by atoms with Gasteiger partial charge in [-0.2, -0.15) is 4.31 Å². The average Bonchev–Trinajstić information content (AvgIpc) is 3.25. The van der Waals surface area contributed by atoms with Crippen LogP contribution in [0, 0.1) is 17.0 Å². The van der Waals surface area contributed by atoms with E-state index in [0.717, 1.165) is 5.56 Å². The van der Waals surface area contributed by atoms with E-state index in [9.17, 15) is 23.3 Å². The molecule has 0 unspecified atom stereocenters. The van der Waals surface area contributed by atoms with Crippen LogP contribution < -0.4 is 0 Å².